The first kappa shape index (κ1) is 21.7. The van der Waals surface area contributed by atoms with Gasteiger partial charge in [0, 0.05) is 29.7 Å². The van der Waals surface area contributed by atoms with Crippen LogP contribution in [0, 0.1) is 0 Å². The molecule has 2 nitrogen and oxygen atoms in total. The van der Waals surface area contributed by atoms with Gasteiger partial charge < -0.3 is 0 Å². The maximum Gasteiger partial charge on any atom is 0.230 e. The van der Waals surface area contributed by atoms with Gasteiger partial charge in [0.05, 0.1) is 32.5 Å². The van der Waals surface area contributed by atoms with E-state index in [4.69, 9.17) is 0 Å². The van der Waals surface area contributed by atoms with Crippen LogP contribution in [0.3, 0.4) is 0 Å². The third kappa shape index (κ3) is 2.72. The van der Waals surface area contributed by atoms with Crippen molar-refractivity contribution in [1.29, 1.82) is 0 Å². The Morgan fingerprint density at radius 2 is 0.854 bits per heavy atom. The van der Waals surface area contributed by atoms with E-state index in [9.17, 15) is 0 Å². The topological polar surface area (TPSA) is 7.76 Å². The lowest BCUT2D eigenvalue weighted by atomic mass is 9.89. The summed E-state index contributed by atoms with van der Waals surface area (Å²) in [5.74, 6) is 0. The van der Waals surface area contributed by atoms with Crippen LogP contribution in [-0.4, -0.2) is 0 Å². The molecule has 6 bridgehead atoms. The fourth-order valence-corrected chi connectivity index (χ4v) is 8.01. The van der Waals surface area contributed by atoms with Crippen LogP contribution in [0.25, 0.3) is 70.8 Å². The molecule has 0 radical (unpaired) electrons. The molecule has 0 N–H and O–H groups in total. The van der Waals surface area contributed by atoms with Crippen molar-refractivity contribution in [3.8, 4) is 5.69 Å². The second-order valence-corrected chi connectivity index (χ2v) is 11.6. The molecule has 5 heterocycles. The normalized spacial score (nSPS) is 13.6. The van der Waals surface area contributed by atoms with Crippen molar-refractivity contribution < 1.29 is 9.13 Å². The van der Waals surface area contributed by atoms with E-state index in [1.165, 1.54) is 87.5 Å². The highest BCUT2D eigenvalue weighted by atomic mass is 15.0. The van der Waals surface area contributed by atoms with Gasteiger partial charge in [0.1, 0.15) is 0 Å². The number of rotatable bonds is 0. The lowest BCUT2D eigenvalue weighted by Gasteiger charge is -2.17. The van der Waals surface area contributed by atoms with E-state index < -0.39 is 0 Å². The molecule has 2 heteroatoms. The zero-order chi connectivity index (χ0) is 26.7. The standard InChI is InChI=1S/C39H26N2/c1-3-13-28-26(11-1)27-12-2-4-14-29(27)35-19-8-20-36-31-16-6-10-25-22-21-24-9-5-15-30-34-18-7-17-33(28)40(34)23-32(37(24)30)39(38(25)31)41(35)36/h1-20H,21-23H2/q+2. The number of nitrogens with zero attached hydrogens (tertiary/aromatic N) is 2. The maximum atomic E-state index is 2.59. The molecule has 190 valence electrons. The average molecular weight is 523 g/mol. The smallest absolute Gasteiger partial charge is 0.187 e. The van der Waals surface area contributed by atoms with Gasteiger partial charge in [0.15, 0.2) is 6.54 Å². The summed E-state index contributed by atoms with van der Waals surface area (Å²) in [5.41, 5.74) is 10.8. The van der Waals surface area contributed by atoms with Gasteiger partial charge in [-0.2, -0.15) is 9.13 Å². The lowest BCUT2D eigenvalue weighted by molar-refractivity contribution is -0.638. The van der Waals surface area contributed by atoms with Crippen LogP contribution in [0.15, 0.2) is 121 Å². The summed E-state index contributed by atoms with van der Waals surface area (Å²) >= 11 is 0. The van der Waals surface area contributed by atoms with E-state index in [-0.39, 0.29) is 0 Å². The van der Waals surface area contributed by atoms with Gasteiger partial charge in [-0.15, -0.1) is 0 Å². The van der Waals surface area contributed by atoms with Crippen LogP contribution in [0.4, 0.5) is 0 Å². The van der Waals surface area contributed by atoms with Gasteiger partial charge in [-0.3, -0.25) is 0 Å². The molecule has 10 rings (SSSR count). The molecule has 6 aromatic rings. The van der Waals surface area contributed by atoms with Crippen molar-refractivity contribution in [2.45, 2.75) is 19.4 Å². The second-order valence-electron chi connectivity index (χ2n) is 11.6. The molecule has 1 aliphatic carbocycles. The Balaban J connectivity index is 1.66. The predicted molar refractivity (Wildman–Crippen MR) is 169 cm³/mol. The number of pyridine rings is 2. The molecule has 4 aromatic carbocycles. The van der Waals surface area contributed by atoms with Crippen LogP contribution >= 0.6 is 0 Å². The quantitative estimate of drug-likeness (QED) is 0.177. The highest BCUT2D eigenvalue weighted by Crippen LogP contribution is 2.40. The van der Waals surface area contributed by atoms with E-state index in [0.29, 0.717) is 0 Å². The van der Waals surface area contributed by atoms with Crippen LogP contribution < -0.4 is 9.13 Å². The molecule has 0 saturated heterocycles. The molecule has 4 aliphatic rings. The van der Waals surface area contributed by atoms with Crippen LogP contribution in [0.1, 0.15) is 16.7 Å². The maximum absolute atomic E-state index is 2.59. The first-order valence-electron chi connectivity index (χ1n) is 14.6. The van der Waals surface area contributed by atoms with Crippen LogP contribution in [0.2, 0.25) is 0 Å². The summed E-state index contributed by atoms with van der Waals surface area (Å²) in [6.07, 6.45) is 2.10. The number of benzene rings is 4. The van der Waals surface area contributed by atoms with E-state index in [2.05, 4.69) is 130 Å². The molecule has 0 atom stereocenters. The zero-order valence-corrected chi connectivity index (χ0v) is 22.6. The number of hydrogen-bond donors (Lipinski definition) is 0. The largest absolute Gasteiger partial charge is 0.230 e. The highest BCUT2D eigenvalue weighted by Gasteiger charge is 2.36. The Bertz CT molecular complexity index is 2500. The van der Waals surface area contributed by atoms with E-state index in [1.54, 1.807) is 0 Å². The van der Waals surface area contributed by atoms with Crippen LogP contribution in [0.5, 0.6) is 0 Å². The number of aryl methyl sites for hydroxylation is 2. The third-order valence-electron chi connectivity index (χ3n) is 9.66. The van der Waals surface area contributed by atoms with Gasteiger partial charge in [-0.25, -0.2) is 0 Å². The molecule has 41 heavy (non-hydrogen) atoms. The highest BCUT2D eigenvalue weighted by molar-refractivity contribution is 6.14. The van der Waals surface area contributed by atoms with Gasteiger partial charge in [-0.05, 0) is 71.1 Å². The zero-order valence-electron chi connectivity index (χ0n) is 22.6. The molecular formula is C39H26N2+2. The molecule has 0 unspecified atom stereocenters. The van der Waals surface area contributed by atoms with Crippen molar-refractivity contribution in [3.63, 3.8) is 0 Å². The average Bonchev–Trinajstić information content (AvgIpc) is 3.36. The summed E-state index contributed by atoms with van der Waals surface area (Å²) in [7, 11) is 0. The van der Waals surface area contributed by atoms with E-state index >= 15 is 0 Å². The Morgan fingerprint density at radius 3 is 1.54 bits per heavy atom. The minimum absolute atomic E-state index is 0.837. The fourth-order valence-electron chi connectivity index (χ4n) is 8.01. The van der Waals surface area contributed by atoms with Crippen molar-refractivity contribution in [1.82, 2.24) is 0 Å². The van der Waals surface area contributed by atoms with Crippen molar-refractivity contribution >= 4 is 65.2 Å². The second kappa shape index (κ2) is 7.77. The summed E-state index contributed by atoms with van der Waals surface area (Å²) in [6.45, 7) is 0.837. The first-order valence-corrected chi connectivity index (χ1v) is 14.6. The van der Waals surface area contributed by atoms with Crippen molar-refractivity contribution in [3.05, 3.63) is 138 Å². The Labute approximate surface area is 237 Å². The lowest BCUT2D eigenvalue weighted by Crippen LogP contribution is -2.40. The minimum atomic E-state index is 0.837. The Kier molecular flexibility index (Phi) is 4.11. The Morgan fingerprint density at radius 1 is 0.390 bits per heavy atom. The van der Waals surface area contributed by atoms with Gasteiger partial charge in [0.25, 0.3) is 0 Å². The Hall–Kier alpha value is -5.08. The molecule has 0 spiro atoms. The molecule has 0 fully saturated rings. The van der Waals surface area contributed by atoms with Crippen molar-refractivity contribution in [2.75, 3.05) is 0 Å². The van der Waals surface area contributed by atoms with E-state index in [0.717, 1.165) is 19.4 Å². The molecule has 0 saturated carbocycles. The number of hydrogen-bond acceptors (Lipinski definition) is 0. The summed E-state index contributed by atoms with van der Waals surface area (Å²) < 4.78 is 5.17. The number of fused-ring (bicyclic) bond motifs is 6. The summed E-state index contributed by atoms with van der Waals surface area (Å²) in [5, 5.41) is 10.6. The fraction of sp³-hybridized carbons (Fsp3) is 0.0769. The van der Waals surface area contributed by atoms with E-state index in [1.807, 2.05) is 0 Å². The SMILES string of the molecule is c1ccc2c(c1)c1ccccc1c1cccc3c4cccc5c4c(c4c6c(cccc6c6cccc2[n+]6C4)CC5)-[n+]31. The number of aromatic nitrogens is 2. The molecule has 3 aliphatic heterocycles. The molecular weight excluding hydrogens is 496 g/mol. The molecule has 0 amide bonds. The monoisotopic (exact) mass is 522 g/mol. The predicted octanol–water partition coefficient (Wildman–Crippen LogP) is 8.19. The van der Waals surface area contributed by atoms with Gasteiger partial charge in [0.2, 0.25) is 27.8 Å². The minimum Gasteiger partial charge on any atom is -0.187 e. The van der Waals surface area contributed by atoms with Crippen molar-refractivity contribution in [2.24, 2.45) is 0 Å². The van der Waals surface area contributed by atoms with Gasteiger partial charge in [-0.1, -0.05) is 60.7 Å². The molecule has 2 aromatic heterocycles. The third-order valence-corrected chi connectivity index (χ3v) is 9.66. The van der Waals surface area contributed by atoms with Gasteiger partial charge >= 0.3 is 0 Å². The first-order chi connectivity index (χ1) is 20.4. The summed E-state index contributed by atoms with van der Waals surface area (Å²) in [6, 6.07) is 45.6. The summed E-state index contributed by atoms with van der Waals surface area (Å²) in [4.78, 5) is 0. The van der Waals surface area contributed by atoms with Crippen LogP contribution in [-0.2, 0) is 19.4 Å².